The van der Waals surface area contributed by atoms with E-state index in [1.807, 2.05) is 30.3 Å². The maximum Gasteiger partial charge on any atom is 0.119 e. The second-order valence-electron chi connectivity index (χ2n) is 4.58. The smallest absolute Gasteiger partial charge is 0.119 e. The van der Waals surface area contributed by atoms with Crippen LogP contribution in [0.5, 0.6) is 5.75 Å². The van der Waals surface area contributed by atoms with Gasteiger partial charge in [0.25, 0.3) is 0 Å². The van der Waals surface area contributed by atoms with Crippen molar-refractivity contribution in [3.05, 3.63) is 30.3 Å². The molecule has 0 bridgehead atoms. The van der Waals surface area contributed by atoms with Crippen molar-refractivity contribution in [2.24, 2.45) is 0 Å². The standard InChI is InChI=1S/C16H27NO2/c1-3-15(17-4-2)9-8-12-18-13-14-19-16-10-6-5-7-11-16/h5-7,10-11,15,17H,3-4,8-9,12-14H2,1-2H3. The molecule has 0 fully saturated rings. The lowest BCUT2D eigenvalue weighted by Gasteiger charge is -2.15. The number of para-hydroxylation sites is 1. The predicted octanol–water partition coefficient (Wildman–Crippen LogP) is 3.25. The summed E-state index contributed by atoms with van der Waals surface area (Å²) in [4.78, 5) is 0. The predicted molar refractivity (Wildman–Crippen MR) is 79.7 cm³/mol. The van der Waals surface area contributed by atoms with Crippen LogP contribution in [-0.4, -0.2) is 32.4 Å². The van der Waals surface area contributed by atoms with Crippen LogP contribution in [0.4, 0.5) is 0 Å². The van der Waals surface area contributed by atoms with E-state index in [9.17, 15) is 0 Å². The van der Waals surface area contributed by atoms with Gasteiger partial charge < -0.3 is 14.8 Å². The van der Waals surface area contributed by atoms with Gasteiger partial charge in [0.2, 0.25) is 0 Å². The molecular formula is C16H27NO2. The van der Waals surface area contributed by atoms with Gasteiger partial charge in [-0.15, -0.1) is 0 Å². The minimum atomic E-state index is 0.619. The zero-order valence-electron chi connectivity index (χ0n) is 12.2. The van der Waals surface area contributed by atoms with Crippen LogP contribution in [-0.2, 0) is 4.74 Å². The number of hydrogen-bond donors (Lipinski definition) is 1. The molecule has 1 unspecified atom stereocenters. The minimum Gasteiger partial charge on any atom is -0.491 e. The maximum absolute atomic E-state index is 5.58. The molecule has 0 saturated heterocycles. The third-order valence-corrected chi connectivity index (χ3v) is 3.07. The van der Waals surface area contributed by atoms with Crippen LogP contribution in [0, 0.1) is 0 Å². The van der Waals surface area contributed by atoms with E-state index in [4.69, 9.17) is 9.47 Å². The summed E-state index contributed by atoms with van der Waals surface area (Å²) in [6, 6.07) is 10.5. The highest BCUT2D eigenvalue weighted by Crippen LogP contribution is 2.07. The topological polar surface area (TPSA) is 30.5 Å². The molecule has 0 heterocycles. The molecule has 1 aromatic carbocycles. The fraction of sp³-hybridized carbons (Fsp3) is 0.625. The van der Waals surface area contributed by atoms with Gasteiger partial charge in [0.05, 0.1) is 6.61 Å². The summed E-state index contributed by atoms with van der Waals surface area (Å²) in [5.74, 6) is 0.907. The van der Waals surface area contributed by atoms with Crippen LogP contribution >= 0.6 is 0 Å². The van der Waals surface area contributed by atoms with Crippen LogP contribution in [0.15, 0.2) is 30.3 Å². The van der Waals surface area contributed by atoms with Gasteiger partial charge in [-0.05, 0) is 37.9 Å². The third kappa shape index (κ3) is 7.85. The van der Waals surface area contributed by atoms with Gasteiger partial charge in [-0.2, -0.15) is 0 Å². The van der Waals surface area contributed by atoms with Crippen molar-refractivity contribution in [3.8, 4) is 5.75 Å². The molecule has 0 aliphatic carbocycles. The van der Waals surface area contributed by atoms with Crippen molar-refractivity contribution in [1.82, 2.24) is 5.32 Å². The number of ether oxygens (including phenoxy) is 2. The molecule has 0 spiro atoms. The summed E-state index contributed by atoms with van der Waals surface area (Å²) >= 11 is 0. The zero-order valence-corrected chi connectivity index (χ0v) is 12.2. The number of nitrogens with one attached hydrogen (secondary N) is 1. The quantitative estimate of drug-likeness (QED) is 0.623. The van der Waals surface area contributed by atoms with Gasteiger partial charge in [0.1, 0.15) is 12.4 Å². The second kappa shape index (κ2) is 10.8. The molecule has 0 amide bonds. The average molecular weight is 265 g/mol. The van der Waals surface area contributed by atoms with Gasteiger partial charge in [-0.25, -0.2) is 0 Å². The summed E-state index contributed by atoms with van der Waals surface area (Å²) < 4.78 is 11.1. The SMILES string of the molecule is CCNC(CC)CCCOCCOc1ccccc1. The van der Waals surface area contributed by atoms with Crippen LogP contribution in [0.25, 0.3) is 0 Å². The van der Waals surface area contributed by atoms with E-state index >= 15 is 0 Å². The van der Waals surface area contributed by atoms with Crippen molar-refractivity contribution < 1.29 is 9.47 Å². The van der Waals surface area contributed by atoms with E-state index in [1.54, 1.807) is 0 Å². The number of hydrogen-bond acceptors (Lipinski definition) is 3. The Morgan fingerprint density at radius 1 is 1.05 bits per heavy atom. The van der Waals surface area contributed by atoms with Gasteiger partial charge in [-0.3, -0.25) is 0 Å². The van der Waals surface area contributed by atoms with Crippen molar-refractivity contribution in [3.63, 3.8) is 0 Å². The lowest BCUT2D eigenvalue weighted by atomic mass is 10.1. The van der Waals surface area contributed by atoms with Gasteiger partial charge in [0.15, 0.2) is 0 Å². The van der Waals surface area contributed by atoms with Crippen molar-refractivity contribution >= 4 is 0 Å². The monoisotopic (exact) mass is 265 g/mol. The first kappa shape index (κ1) is 16.0. The molecule has 1 aromatic rings. The van der Waals surface area contributed by atoms with Crippen LogP contribution in [0.3, 0.4) is 0 Å². The largest absolute Gasteiger partial charge is 0.491 e. The molecular weight excluding hydrogens is 238 g/mol. The zero-order chi connectivity index (χ0) is 13.8. The normalized spacial score (nSPS) is 12.3. The molecule has 0 saturated carbocycles. The van der Waals surface area contributed by atoms with E-state index < -0.39 is 0 Å². The molecule has 19 heavy (non-hydrogen) atoms. The minimum absolute atomic E-state index is 0.619. The second-order valence-corrected chi connectivity index (χ2v) is 4.58. The summed E-state index contributed by atoms with van der Waals surface area (Å²) in [7, 11) is 0. The van der Waals surface area contributed by atoms with E-state index in [1.165, 1.54) is 12.8 Å². The van der Waals surface area contributed by atoms with Gasteiger partial charge >= 0.3 is 0 Å². The Labute approximate surface area is 117 Å². The summed E-state index contributed by atoms with van der Waals surface area (Å²) in [6.07, 6.45) is 3.48. The summed E-state index contributed by atoms with van der Waals surface area (Å²) in [6.45, 7) is 7.52. The molecule has 0 aliphatic heterocycles. The number of rotatable bonds is 11. The lowest BCUT2D eigenvalue weighted by molar-refractivity contribution is 0.0958. The molecule has 0 aromatic heterocycles. The molecule has 3 nitrogen and oxygen atoms in total. The molecule has 0 aliphatic rings. The fourth-order valence-corrected chi connectivity index (χ4v) is 2.01. The molecule has 3 heteroatoms. The Hall–Kier alpha value is -1.06. The van der Waals surface area contributed by atoms with Crippen molar-refractivity contribution in [2.45, 2.75) is 39.2 Å². The van der Waals surface area contributed by atoms with Crippen LogP contribution in [0.2, 0.25) is 0 Å². The van der Waals surface area contributed by atoms with E-state index in [-0.39, 0.29) is 0 Å². The Kier molecular flexibility index (Phi) is 9.11. The highest BCUT2D eigenvalue weighted by molar-refractivity contribution is 5.20. The van der Waals surface area contributed by atoms with E-state index in [2.05, 4.69) is 19.2 Å². The highest BCUT2D eigenvalue weighted by atomic mass is 16.5. The van der Waals surface area contributed by atoms with E-state index in [0.29, 0.717) is 19.3 Å². The Morgan fingerprint density at radius 3 is 2.53 bits per heavy atom. The summed E-state index contributed by atoms with van der Waals surface area (Å²) in [5, 5.41) is 3.48. The van der Waals surface area contributed by atoms with Crippen LogP contribution < -0.4 is 10.1 Å². The summed E-state index contributed by atoms with van der Waals surface area (Å²) in [5.41, 5.74) is 0. The maximum atomic E-state index is 5.58. The average Bonchev–Trinajstić information content (AvgIpc) is 2.46. The molecule has 108 valence electrons. The lowest BCUT2D eigenvalue weighted by Crippen LogP contribution is -2.28. The van der Waals surface area contributed by atoms with Crippen LogP contribution in [0.1, 0.15) is 33.1 Å². The Bertz CT molecular complexity index is 303. The molecule has 1 atom stereocenters. The van der Waals surface area contributed by atoms with Crippen molar-refractivity contribution in [1.29, 1.82) is 0 Å². The molecule has 1 N–H and O–H groups in total. The molecule has 0 radical (unpaired) electrons. The van der Waals surface area contributed by atoms with E-state index in [0.717, 1.165) is 25.3 Å². The Balaban J connectivity index is 1.94. The third-order valence-electron chi connectivity index (χ3n) is 3.07. The van der Waals surface area contributed by atoms with Gasteiger partial charge in [0, 0.05) is 12.6 Å². The fourth-order valence-electron chi connectivity index (χ4n) is 2.01. The number of benzene rings is 1. The first-order valence-corrected chi connectivity index (χ1v) is 7.35. The Morgan fingerprint density at radius 2 is 1.84 bits per heavy atom. The molecule has 1 rings (SSSR count). The van der Waals surface area contributed by atoms with Crippen molar-refractivity contribution in [2.75, 3.05) is 26.4 Å². The first-order valence-electron chi connectivity index (χ1n) is 7.35. The first-order chi connectivity index (χ1) is 9.36. The highest BCUT2D eigenvalue weighted by Gasteiger charge is 2.03. The van der Waals surface area contributed by atoms with Gasteiger partial charge in [-0.1, -0.05) is 32.0 Å².